The van der Waals surface area contributed by atoms with Crippen LogP contribution in [0.15, 0.2) is 255 Å². The second-order valence-corrected chi connectivity index (χ2v) is 23.1. The number of benzene rings is 11. The van der Waals surface area contributed by atoms with E-state index in [1.807, 2.05) is 13.8 Å². The molecule has 1 aliphatic carbocycles. The minimum Gasteiger partial charge on any atom is -0.496 e. The fourth-order valence-corrected chi connectivity index (χ4v) is 13.4. The molecule has 0 radical (unpaired) electrons. The zero-order chi connectivity index (χ0) is 60.5. The molecule has 0 fully saturated rings. The maximum absolute atomic E-state index is 6.54. The highest BCUT2D eigenvalue weighted by molar-refractivity contribution is 6.07. The molecule has 2 nitrogen and oxygen atoms in total. The predicted octanol–water partition coefficient (Wildman–Crippen LogP) is 24.6. The minimum atomic E-state index is 0.240. The van der Waals surface area contributed by atoms with Crippen molar-refractivity contribution in [1.82, 2.24) is 0 Å². The van der Waals surface area contributed by atoms with Gasteiger partial charge in [-0.15, -0.1) is 0 Å². The Kier molecular flexibility index (Phi) is 20.7. The predicted molar refractivity (Wildman–Crippen MR) is 374 cm³/mol. The van der Waals surface area contributed by atoms with Crippen molar-refractivity contribution in [3.05, 3.63) is 277 Å². The highest BCUT2D eigenvalue weighted by atomic mass is 16.5. The molecule has 11 aromatic carbocycles. The first kappa shape index (κ1) is 61.1. The first-order valence-electron chi connectivity index (χ1n) is 32.0. The number of aryl methyl sites for hydroxylation is 2. The van der Waals surface area contributed by atoms with E-state index in [0.29, 0.717) is 0 Å². The van der Waals surface area contributed by atoms with Crippen molar-refractivity contribution in [3.63, 3.8) is 0 Å². The van der Waals surface area contributed by atoms with E-state index >= 15 is 0 Å². The maximum Gasteiger partial charge on any atom is 0.127 e. The third kappa shape index (κ3) is 13.2. The summed E-state index contributed by atoms with van der Waals surface area (Å²) in [5, 5.41) is 0. The molecule has 0 N–H and O–H groups in total. The summed E-state index contributed by atoms with van der Waals surface area (Å²) in [6.45, 7) is 13.1. The Morgan fingerprint density at radius 1 is 0.276 bits per heavy atom. The largest absolute Gasteiger partial charge is 0.496 e. The molecule has 11 aromatic rings. The molecule has 0 saturated carbocycles. The fourth-order valence-electron chi connectivity index (χ4n) is 13.4. The van der Waals surface area contributed by atoms with E-state index in [4.69, 9.17) is 9.47 Å². The lowest BCUT2D eigenvalue weighted by atomic mass is 9.70. The Balaban J connectivity index is 0.000000242. The van der Waals surface area contributed by atoms with Gasteiger partial charge in [0.25, 0.3) is 0 Å². The van der Waals surface area contributed by atoms with Crippen molar-refractivity contribution < 1.29 is 9.47 Å². The molecule has 1 aliphatic rings. The van der Waals surface area contributed by atoms with Gasteiger partial charge in [0.2, 0.25) is 0 Å². The summed E-state index contributed by atoms with van der Waals surface area (Å²) in [6, 6.07) is 91.7. The lowest BCUT2D eigenvalue weighted by molar-refractivity contribution is 0.400. The van der Waals surface area contributed by atoms with E-state index in [2.05, 4.69) is 282 Å². The third-order valence-corrected chi connectivity index (χ3v) is 17.5. The van der Waals surface area contributed by atoms with Gasteiger partial charge in [0.05, 0.1) is 14.2 Å². The van der Waals surface area contributed by atoms with Crippen LogP contribution in [0, 0.1) is 13.8 Å². The summed E-state index contributed by atoms with van der Waals surface area (Å²) in [5.41, 5.74) is 26.8. The first-order chi connectivity index (χ1) is 42.8. The van der Waals surface area contributed by atoms with Gasteiger partial charge in [0.1, 0.15) is 11.5 Å². The van der Waals surface area contributed by atoms with E-state index in [0.717, 1.165) is 101 Å². The number of unbranched alkanes of at least 4 members (excludes halogenated alkanes) is 6. The fraction of sp³-hybridized carbons (Fsp3) is 0.224. The summed E-state index contributed by atoms with van der Waals surface area (Å²) >= 11 is 0. The van der Waals surface area contributed by atoms with Crippen LogP contribution < -0.4 is 9.47 Å². The van der Waals surface area contributed by atoms with Crippen molar-refractivity contribution in [1.29, 1.82) is 0 Å². The van der Waals surface area contributed by atoms with Crippen LogP contribution in [0.2, 0.25) is 0 Å². The number of hydrogen-bond acceptors (Lipinski definition) is 2. The molecule has 0 amide bonds. The van der Waals surface area contributed by atoms with Crippen molar-refractivity contribution >= 4 is 0 Å². The summed E-state index contributed by atoms with van der Waals surface area (Å²) in [4.78, 5) is 0. The van der Waals surface area contributed by atoms with Gasteiger partial charge in [-0.3, -0.25) is 0 Å². The number of rotatable bonds is 20. The molecule has 2 heteroatoms. The molecule has 0 spiro atoms. The molecule has 0 unspecified atom stereocenters. The van der Waals surface area contributed by atoms with Gasteiger partial charge < -0.3 is 9.47 Å². The Morgan fingerprint density at radius 3 is 0.839 bits per heavy atom. The molecule has 438 valence electrons. The normalized spacial score (nSPS) is 11.8. The summed E-state index contributed by atoms with van der Waals surface area (Å²) in [5.74, 6) is 1.50. The van der Waals surface area contributed by atoms with Gasteiger partial charge in [-0.2, -0.15) is 0 Å². The van der Waals surface area contributed by atoms with E-state index < -0.39 is 0 Å². The Hall–Kier alpha value is -8.98. The number of ether oxygens (including phenoxy) is 2. The molecule has 0 heterocycles. The Bertz CT molecular complexity index is 3720. The molecule has 0 aromatic heterocycles. The molecule has 0 atom stereocenters. The average Bonchev–Trinajstić information content (AvgIpc) is 1.79. The Labute approximate surface area is 520 Å². The van der Waals surface area contributed by atoms with E-state index in [9.17, 15) is 0 Å². The van der Waals surface area contributed by atoms with Crippen molar-refractivity contribution in [3.8, 4) is 112 Å². The van der Waals surface area contributed by atoms with Crippen LogP contribution in [0.25, 0.3) is 100 Å². The second-order valence-electron chi connectivity index (χ2n) is 23.1. The van der Waals surface area contributed by atoms with Crippen molar-refractivity contribution in [2.45, 2.75) is 111 Å². The van der Waals surface area contributed by atoms with Gasteiger partial charge in [0.15, 0.2) is 0 Å². The number of fused-ring (bicyclic) bond motifs is 3. The lowest BCUT2D eigenvalue weighted by Gasteiger charge is -2.33. The van der Waals surface area contributed by atoms with E-state index in [1.165, 1.54) is 86.5 Å². The van der Waals surface area contributed by atoms with Crippen LogP contribution in [0.3, 0.4) is 0 Å². The standard InChI is InChI=1S/C56H42O2.C27H38.C2H6/c1-57-51-37-50(56-48(42-27-15-6-16-28-42)36-34-46(40-23-11-4-12-24-40)54(56)44-31-19-8-20-32-44)52(58-2)38-49(51)55-47(41-25-13-5-14-26-41)35-33-45(39-21-9-3-10-22-39)53(55)43-29-17-7-18-30-43;1-5-7-9-11-17-27(18-12-10-8-6-2)25-19-21(3)13-15-23(25)24-16-14-22(4)20-26(24)27;1-2/h3-38H,1-2H3;13-16,19-20H,5-12,17-18H2,1-4H3;1-2H3. The monoisotopic (exact) mass is 1140 g/mol. The summed E-state index contributed by atoms with van der Waals surface area (Å²) in [7, 11) is 3.55. The number of hydrogen-bond donors (Lipinski definition) is 0. The van der Waals surface area contributed by atoms with Crippen LogP contribution in [-0.4, -0.2) is 14.2 Å². The SMILES string of the molecule is CC.CCCCCCC1(CCCCCC)c2cc(C)ccc2-c2ccc(C)cc21.COc1cc(-c2c(-c3ccccc3)ccc(-c3ccccc3)c2-c2ccccc2)c(OC)cc1-c1c(-c2ccccc2)ccc(-c2ccccc2)c1-c1ccccc1. The van der Waals surface area contributed by atoms with Gasteiger partial charge >= 0.3 is 0 Å². The average molecular weight is 1140 g/mol. The van der Waals surface area contributed by atoms with Gasteiger partial charge in [-0.1, -0.05) is 333 Å². The van der Waals surface area contributed by atoms with E-state index in [1.54, 1.807) is 25.3 Å². The highest BCUT2D eigenvalue weighted by Gasteiger charge is 2.42. The molecular weight excluding hydrogens is 1050 g/mol. The number of methoxy groups -OCH3 is 2. The second kappa shape index (κ2) is 29.4. The lowest BCUT2D eigenvalue weighted by Crippen LogP contribution is -2.25. The molecule has 0 saturated heterocycles. The molecule has 0 bridgehead atoms. The first-order valence-corrected chi connectivity index (χ1v) is 32.0. The highest BCUT2D eigenvalue weighted by Crippen LogP contribution is 2.56. The summed E-state index contributed by atoms with van der Waals surface area (Å²) < 4.78 is 13.1. The Morgan fingerprint density at radius 2 is 0.552 bits per heavy atom. The van der Waals surface area contributed by atoms with E-state index in [-0.39, 0.29) is 5.41 Å². The van der Waals surface area contributed by atoms with Gasteiger partial charge in [0, 0.05) is 27.7 Å². The van der Waals surface area contributed by atoms with Crippen molar-refractivity contribution in [2.24, 2.45) is 0 Å². The van der Waals surface area contributed by atoms with Crippen LogP contribution in [-0.2, 0) is 5.41 Å². The van der Waals surface area contributed by atoms with Gasteiger partial charge in [-0.25, -0.2) is 0 Å². The maximum atomic E-state index is 6.54. The molecule has 12 rings (SSSR count). The summed E-state index contributed by atoms with van der Waals surface area (Å²) in [6.07, 6.45) is 13.4. The molecule has 0 aliphatic heterocycles. The topological polar surface area (TPSA) is 18.5 Å². The zero-order valence-electron chi connectivity index (χ0n) is 52.6. The smallest absolute Gasteiger partial charge is 0.127 e. The minimum absolute atomic E-state index is 0.240. The quantitative estimate of drug-likeness (QED) is 0.0708. The van der Waals surface area contributed by atoms with Crippen LogP contribution in [0.1, 0.15) is 114 Å². The third-order valence-electron chi connectivity index (χ3n) is 17.5. The van der Waals surface area contributed by atoms with Crippen LogP contribution >= 0.6 is 0 Å². The zero-order valence-corrected chi connectivity index (χ0v) is 52.6. The van der Waals surface area contributed by atoms with Gasteiger partial charge in [-0.05, 0) is 128 Å². The van der Waals surface area contributed by atoms with Crippen molar-refractivity contribution in [2.75, 3.05) is 14.2 Å². The molecule has 87 heavy (non-hydrogen) atoms. The molecular formula is C85H86O2. The van der Waals surface area contributed by atoms with Crippen LogP contribution in [0.5, 0.6) is 11.5 Å². The van der Waals surface area contributed by atoms with Crippen LogP contribution in [0.4, 0.5) is 0 Å².